The average Bonchev–Trinajstić information content (AvgIpc) is 2.97. The number of para-hydroxylation sites is 2. The number of anilines is 1. The van der Waals surface area contributed by atoms with Crippen LogP contribution in [0.1, 0.15) is 57.1 Å². The Morgan fingerprint density at radius 2 is 1.85 bits per heavy atom. The minimum atomic E-state index is -0.947. The molecule has 0 spiro atoms. The maximum Gasteiger partial charge on any atom is 0.243 e. The Labute approximate surface area is 160 Å². The lowest BCUT2D eigenvalue weighted by Gasteiger charge is -2.25. The predicted molar refractivity (Wildman–Crippen MR) is 106 cm³/mol. The molecule has 1 atom stereocenters. The zero-order chi connectivity index (χ0) is 19.1. The summed E-state index contributed by atoms with van der Waals surface area (Å²) in [7, 11) is 0. The molecule has 1 amide bonds. The van der Waals surface area contributed by atoms with Crippen LogP contribution in [0.3, 0.4) is 0 Å². The molecule has 0 radical (unpaired) electrons. The SMILES string of the molecule is CCCCNC(=O)[C@@H](C#N)c1nc2ccccc2nc1N1CCCCCC1. The van der Waals surface area contributed by atoms with Crippen LogP contribution in [0.15, 0.2) is 24.3 Å². The van der Waals surface area contributed by atoms with Crippen molar-refractivity contribution >= 4 is 22.8 Å². The summed E-state index contributed by atoms with van der Waals surface area (Å²) >= 11 is 0. The molecule has 1 aliphatic heterocycles. The average molecular weight is 365 g/mol. The summed E-state index contributed by atoms with van der Waals surface area (Å²) in [6.45, 7) is 4.42. The number of amides is 1. The molecule has 1 aliphatic rings. The smallest absolute Gasteiger partial charge is 0.243 e. The molecule has 1 aromatic heterocycles. The van der Waals surface area contributed by atoms with Gasteiger partial charge in [0.1, 0.15) is 5.69 Å². The first-order valence-corrected chi connectivity index (χ1v) is 9.93. The highest BCUT2D eigenvalue weighted by molar-refractivity contribution is 5.88. The molecule has 1 fully saturated rings. The lowest BCUT2D eigenvalue weighted by atomic mass is 10.0. The lowest BCUT2D eigenvalue weighted by Crippen LogP contribution is -2.33. The number of benzene rings is 1. The van der Waals surface area contributed by atoms with Gasteiger partial charge in [0.05, 0.1) is 17.1 Å². The van der Waals surface area contributed by atoms with Crippen molar-refractivity contribution in [2.45, 2.75) is 51.4 Å². The number of unbranched alkanes of at least 4 members (excludes halogenated alkanes) is 1. The van der Waals surface area contributed by atoms with Gasteiger partial charge < -0.3 is 10.2 Å². The van der Waals surface area contributed by atoms with Crippen LogP contribution in [0.25, 0.3) is 11.0 Å². The van der Waals surface area contributed by atoms with E-state index in [-0.39, 0.29) is 5.91 Å². The van der Waals surface area contributed by atoms with Crippen molar-refractivity contribution in [3.63, 3.8) is 0 Å². The molecule has 2 aromatic rings. The highest BCUT2D eigenvalue weighted by Gasteiger charge is 2.28. The van der Waals surface area contributed by atoms with Gasteiger partial charge >= 0.3 is 0 Å². The molecule has 142 valence electrons. The fourth-order valence-corrected chi connectivity index (χ4v) is 3.45. The lowest BCUT2D eigenvalue weighted by molar-refractivity contribution is -0.121. The Bertz CT molecular complexity index is 821. The molecule has 1 N–H and O–H groups in total. The molecular weight excluding hydrogens is 338 g/mol. The number of hydrogen-bond acceptors (Lipinski definition) is 5. The Morgan fingerprint density at radius 3 is 2.48 bits per heavy atom. The minimum Gasteiger partial charge on any atom is -0.355 e. The van der Waals surface area contributed by atoms with Gasteiger partial charge in [0.15, 0.2) is 11.7 Å². The topological polar surface area (TPSA) is 81.9 Å². The Balaban J connectivity index is 2.01. The molecule has 0 saturated carbocycles. The highest BCUT2D eigenvalue weighted by Crippen LogP contribution is 2.29. The Kier molecular flexibility index (Phi) is 6.59. The molecule has 2 heterocycles. The van der Waals surface area contributed by atoms with Crippen LogP contribution in [0.2, 0.25) is 0 Å². The molecule has 6 nitrogen and oxygen atoms in total. The molecule has 0 unspecified atom stereocenters. The van der Waals surface area contributed by atoms with Gasteiger partial charge in [0.2, 0.25) is 5.91 Å². The number of hydrogen-bond donors (Lipinski definition) is 1. The van der Waals surface area contributed by atoms with Crippen LogP contribution in [0, 0.1) is 11.3 Å². The van der Waals surface area contributed by atoms with Gasteiger partial charge in [0.25, 0.3) is 0 Å². The van der Waals surface area contributed by atoms with E-state index in [0.29, 0.717) is 23.6 Å². The number of carbonyl (C=O) groups is 1. The van der Waals surface area contributed by atoms with Gasteiger partial charge in [-0.15, -0.1) is 0 Å². The first kappa shape index (κ1) is 19.1. The summed E-state index contributed by atoms with van der Waals surface area (Å²) < 4.78 is 0. The maximum absolute atomic E-state index is 12.7. The van der Waals surface area contributed by atoms with E-state index in [1.54, 1.807) is 0 Å². The van der Waals surface area contributed by atoms with Crippen molar-refractivity contribution in [1.29, 1.82) is 5.26 Å². The van der Waals surface area contributed by atoms with Gasteiger partial charge in [-0.1, -0.05) is 38.3 Å². The van der Waals surface area contributed by atoms with Gasteiger partial charge in [-0.2, -0.15) is 5.26 Å². The fourth-order valence-electron chi connectivity index (χ4n) is 3.45. The van der Waals surface area contributed by atoms with Gasteiger partial charge in [-0.3, -0.25) is 4.79 Å². The summed E-state index contributed by atoms with van der Waals surface area (Å²) in [6.07, 6.45) is 6.47. The normalized spacial score (nSPS) is 15.8. The van der Waals surface area contributed by atoms with Crippen molar-refractivity contribution < 1.29 is 4.79 Å². The van der Waals surface area contributed by atoms with Crippen molar-refractivity contribution in [1.82, 2.24) is 15.3 Å². The van der Waals surface area contributed by atoms with Crippen molar-refractivity contribution in [3.05, 3.63) is 30.0 Å². The third-order valence-corrected chi connectivity index (χ3v) is 4.98. The molecular formula is C21H27N5O. The minimum absolute atomic E-state index is 0.286. The number of nitriles is 1. The van der Waals surface area contributed by atoms with Crippen molar-refractivity contribution in [3.8, 4) is 6.07 Å². The zero-order valence-electron chi connectivity index (χ0n) is 15.9. The number of nitrogens with one attached hydrogen (secondary N) is 1. The number of rotatable bonds is 6. The van der Waals surface area contributed by atoms with Crippen molar-refractivity contribution in [2.75, 3.05) is 24.5 Å². The van der Waals surface area contributed by atoms with E-state index >= 15 is 0 Å². The second kappa shape index (κ2) is 9.31. The van der Waals surface area contributed by atoms with Crippen molar-refractivity contribution in [2.24, 2.45) is 0 Å². The van der Waals surface area contributed by atoms with Crippen LogP contribution in [-0.4, -0.2) is 35.5 Å². The van der Waals surface area contributed by atoms with E-state index in [0.717, 1.165) is 44.3 Å². The second-order valence-corrected chi connectivity index (χ2v) is 7.03. The summed E-state index contributed by atoms with van der Waals surface area (Å²) in [4.78, 5) is 24.4. The molecule has 1 saturated heterocycles. The van der Waals surface area contributed by atoms with Crippen LogP contribution in [0.5, 0.6) is 0 Å². The van der Waals surface area contributed by atoms with Gasteiger partial charge in [0, 0.05) is 19.6 Å². The molecule has 3 rings (SSSR count). The van der Waals surface area contributed by atoms with Gasteiger partial charge in [-0.05, 0) is 31.4 Å². The molecule has 0 aliphatic carbocycles. The zero-order valence-corrected chi connectivity index (χ0v) is 15.9. The van der Waals surface area contributed by atoms with E-state index in [1.807, 2.05) is 24.3 Å². The largest absolute Gasteiger partial charge is 0.355 e. The third kappa shape index (κ3) is 4.54. The van der Waals surface area contributed by atoms with E-state index in [1.165, 1.54) is 12.8 Å². The molecule has 1 aromatic carbocycles. The Hall–Kier alpha value is -2.68. The fraction of sp³-hybridized carbons (Fsp3) is 0.524. The summed E-state index contributed by atoms with van der Waals surface area (Å²) in [5.41, 5.74) is 1.99. The standard InChI is InChI=1S/C21H27N5O/c1-2-3-12-23-21(27)16(15-22)19-20(26-13-8-4-5-9-14-26)25-18-11-7-6-10-17(18)24-19/h6-7,10-11,16H,2-5,8-9,12-14H2,1H3,(H,23,27)/t16-/m0/s1. The quantitative estimate of drug-likeness (QED) is 0.792. The van der Waals surface area contributed by atoms with Gasteiger partial charge in [-0.25, -0.2) is 9.97 Å². The van der Waals surface area contributed by atoms with Crippen LogP contribution < -0.4 is 10.2 Å². The summed E-state index contributed by atoms with van der Waals surface area (Å²) in [6, 6.07) is 9.80. The van der Waals surface area contributed by atoms with Crippen LogP contribution in [-0.2, 0) is 4.79 Å². The van der Waals surface area contributed by atoms with Crippen LogP contribution >= 0.6 is 0 Å². The van der Waals surface area contributed by atoms with E-state index < -0.39 is 5.92 Å². The number of aromatic nitrogens is 2. The first-order chi connectivity index (χ1) is 13.2. The predicted octanol–water partition coefficient (Wildman–Crippen LogP) is 3.53. The second-order valence-electron chi connectivity index (χ2n) is 7.03. The first-order valence-electron chi connectivity index (χ1n) is 9.93. The molecule has 0 bridgehead atoms. The summed E-state index contributed by atoms with van der Waals surface area (Å²) in [5.74, 6) is -0.545. The monoisotopic (exact) mass is 365 g/mol. The Morgan fingerprint density at radius 1 is 1.19 bits per heavy atom. The maximum atomic E-state index is 12.7. The molecule has 6 heteroatoms. The summed E-state index contributed by atoms with van der Waals surface area (Å²) in [5, 5.41) is 12.6. The number of carbonyl (C=O) groups excluding carboxylic acids is 1. The van der Waals surface area contributed by atoms with E-state index in [2.05, 4.69) is 23.2 Å². The highest BCUT2D eigenvalue weighted by atomic mass is 16.1. The number of nitrogens with zero attached hydrogens (tertiary/aromatic N) is 4. The van der Waals surface area contributed by atoms with E-state index in [9.17, 15) is 10.1 Å². The third-order valence-electron chi connectivity index (χ3n) is 4.98. The van der Waals surface area contributed by atoms with Crippen LogP contribution in [0.4, 0.5) is 5.82 Å². The van der Waals surface area contributed by atoms with E-state index in [4.69, 9.17) is 9.97 Å². The molecule has 27 heavy (non-hydrogen) atoms. The number of fused-ring (bicyclic) bond motifs is 1.